The van der Waals surface area contributed by atoms with Crippen molar-refractivity contribution >= 4 is 17.8 Å². The molecule has 0 bridgehead atoms. The molecular weight excluding hydrogens is 346 g/mol. The molecule has 6 heteroatoms. The Morgan fingerprint density at radius 3 is 2.11 bits per heavy atom. The van der Waals surface area contributed by atoms with Crippen LogP contribution in [0.1, 0.15) is 36.8 Å². The fraction of sp³-hybridized carbons (Fsp3) is 0.286. The summed E-state index contributed by atoms with van der Waals surface area (Å²) in [6.07, 6.45) is -0.875. The molecule has 2 aromatic carbocycles. The molecule has 3 rings (SSSR count). The van der Waals surface area contributed by atoms with Gasteiger partial charge in [-0.25, -0.2) is 9.59 Å². The predicted octanol–water partition coefficient (Wildman–Crippen LogP) is 3.35. The van der Waals surface area contributed by atoms with Crippen LogP contribution in [0, 0.1) is 0 Å². The molecule has 0 fully saturated rings. The van der Waals surface area contributed by atoms with Crippen LogP contribution in [-0.2, 0) is 14.3 Å². The van der Waals surface area contributed by atoms with Crippen LogP contribution in [0.25, 0.3) is 11.1 Å². The number of nitrogens with one attached hydrogen (secondary N) is 1. The summed E-state index contributed by atoms with van der Waals surface area (Å²) in [5, 5.41) is 11.5. The van der Waals surface area contributed by atoms with Gasteiger partial charge in [-0.15, -0.1) is 0 Å². The van der Waals surface area contributed by atoms with Crippen molar-refractivity contribution < 1.29 is 24.2 Å². The third-order valence-corrected chi connectivity index (χ3v) is 4.76. The van der Waals surface area contributed by atoms with Gasteiger partial charge >= 0.3 is 12.1 Å². The van der Waals surface area contributed by atoms with Gasteiger partial charge in [0, 0.05) is 18.8 Å². The molecule has 0 saturated heterocycles. The van der Waals surface area contributed by atoms with Gasteiger partial charge in [-0.05, 0) is 22.3 Å². The summed E-state index contributed by atoms with van der Waals surface area (Å²) in [6.45, 7) is 1.74. The number of rotatable bonds is 7. The third-order valence-electron chi connectivity index (χ3n) is 4.76. The van der Waals surface area contributed by atoms with Crippen LogP contribution in [0.4, 0.5) is 4.79 Å². The minimum Gasteiger partial charge on any atom is -0.480 e. The normalized spacial score (nSPS) is 13.4. The molecule has 0 saturated carbocycles. The Labute approximate surface area is 157 Å². The SMILES string of the molecule is CCC(=O)CC(NC(=O)OCC1c2ccccc2-c2ccccc21)C(=O)O. The van der Waals surface area contributed by atoms with Crippen LogP contribution in [0.3, 0.4) is 0 Å². The number of carbonyl (C=O) groups is 3. The fourth-order valence-electron chi connectivity index (χ4n) is 3.35. The summed E-state index contributed by atoms with van der Waals surface area (Å²) < 4.78 is 5.31. The molecule has 0 radical (unpaired) electrons. The maximum Gasteiger partial charge on any atom is 0.407 e. The second kappa shape index (κ2) is 8.03. The maximum atomic E-state index is 12.1. The molecule has 1 aliphatic carbocycles. The second-order valence-corrected chi connectivity index (χ2v) is 6.46. The molecule has 1 atom stereocenters. The van der Waals surface area contributed by atoms with Crippen molar-refractivity contribution in [2.24, 2.45) is 0 Å². The zero-order valence-corrected chi connectivity index (χ0v) is 15.0. The number of aliphatic carboxylic acids is 1. The lowest BCUT2D eigenvalue weighted by Crippen LogP contribution is -2.42. The van der Waals surface area contributed by atoms with E-state index < -0.39 is 18.1 Å². The summed E-state index contributed by atoms with van der Waals surface area (Å²) in [5.41, 5.74) is 4.36. The summed E-state index contributed by atoms with van der Waals surface area (Å²) >= 11 is 0. The van der Waals surface area contributed by atoms with E-state index in [-0.39, 0.29) is 31.1 Å². The number of ether oxygens (including phenoxy) is 1. The van der Waals surface area contributed by atoms with Crippen LogP contribution in [-0.4, -0.2) is 35.6 Å². The number of fused-ring (bicyclic) bond motifs is 3. The zero-order chi connectivity index (χ0) is 19.4. The van der Waals surface area contributed by atoms with E-state index >= 15 is 0 Å². The smallest absolute Gasteiger partial charge is 0.407 e. The largest absolute Gasteiger partial charge is 0.480 e. The average molecular weight is 367 g/mol. The highest BCUT2D eigenvalue weighted by Crippen LogP contribution is 2.44. The van der Waals surface area contributed by atoms with Crippen LogP contribution < -0.4 is 5.32 Å². The second-order valence-electron chi connectivity index (χ2n) is 6.46. The lowest BCUT2D eigenvalue weighted by atomic mass is 9.98. The average Bonchev–Trinajstić information content (AvgIpc) is 2.99. The van der Waals surface area contributed by atoms with Crippen molar-refractivity contribution in [3.8, 4) is 11.1 Å². The van der Waals surface area contributed by atoms with Crippen molar-refractivity contribution in [3.63, 3.8) is 0 Å². The van der Waals surface area contributed by atoms with Crippen LogP contribution in [0.15, 0.2) is 48.5 Å². The van der Waals surface area contributed by atoms with Gasteiger partial charge in [-0.2, -0.15) is 0 Å². The standard InChI is InChI=1S/C21H21NO5/c1-2-13(23)11-19(20(24)25)22-21(26)27-12-18-16-9-5-3-7-14(16)15-8-4-6-10-17(15)18/h3-10,18-19H,2,11-12H2,1H3,(H,22,26)(H,24,25). The van der Waals surface area contributed by atoms with Crippen molar-refractivity contribution in [2.45, 2.75) is 31.7 Å². The van der Waals surface area contributed by atoms with Crippen molar-refractivity contribution in [1.29, 1.82) is 0 Å². The number of hydrogen-bond acceptors (Lipinski definition) is 4. The van der Waals surface area contributed by atoms with Crippen LogP contribution >= 0.6 is 0 Å². The van der Waals surface area contributed by atoms with Gasteiger partial charge in [-0.1, -0.05) is 55.5 Å². The number of Topliss-reactive ketones (excluding diaryl/α,β-unsaturated/α-hetero) is 1. The molecule has 2 aromatic rings. The Balaban J connectivity index is 1.68. The lowest BCUT2D eigenvalue weighted by Gasteiger charge is -2.17. The molecule has 0 aromatic heterocycles. The summed E-state index contributed by atoms with van der Waals surface area (Å²) in [4.78, 5) is 34.8. The minimum absolute atomic E-state index is 0.0912. The number of carboxylic acid groups (broad SMARTS) is 1. The first kappa shape index (κ1) is 18.6. The van der Waals surface area contributed by atoms with Gasteiger partial charge in [0.1, 0.15) is 18.4 Å². The van der Waals surface area contributed by atoms with Gasteiger partial charge < -0.3 is 15.2 Å². The van der Waals surface area contributed by atoms with E-state index in [1.54, 1.807) is 6.92 Å². The first-order valence-corrected chi connectivity index (χ1v) is 8.87. The van der Waals surface area contributed by atoms with E-state index in [1.807, 2.05) is 48.5 Å². The number of benzene rings is 2. The number of carboxylic acids is 1. The monoisotopic (exact) mass is 367 g/mol. The van der Waals surface area contributed by atoms with Gasteiger partial charge in [0.2, 0.25) is 0 Å². The molecule has 1 amide bonds. The van der Waals surface area contributed by atoms with E-state index in [1.165, 1.54) is 0 Å². The van der Waals surface area contributed by atoms with Crippen molar-refractivity contribution in [3.05, 3.63) is 59.7 Å². The van der Waals surface area contributed by atoms with E-state index in [4.69, 9.17) is 4.74 Å². The first-order chi connectivity index (χ1) is 13.0. The molecule has 0 aliphatic heterocycles. The van der Waals surface area contributed by atoms with E-state index in [2.05, 4.69) is 5.32 Å². The Bertz CT molecular complexity index is 831. The molecule has 0 heterocycles. The Hall–Kier alpha value is -3.15. The molecule has 140 valence electrons. The number of amides is 1. The number of carbonyl (C=O) groups excluding carboxylic acids is 2. The zero-order valence-electron chi connectivity index (χ0n) is 15.0. The Morgan fingerprint density at radius 1 is 1.04 bits per heavy atom. The molecule has 6 nitrogen and oxygen atoms in total. The van der Waals surface area contributed by atoms with Gasteiger partial charge in [0.25, 0.3) is 0 Å². The minimum atomic E-state index is -1.28. The Morgan fingerprint density at radius 2 is 1.59 bits per heavy atom. The van der Waals surface area contributed by atoms with Gasteiger partial charge in [0.05, 0.1) is 0 Å². The van der Waals surface area contributed by atoms with Crippen molar-refractivity contribution in [1.82, 2.24) is 5.32 Å². The molecule has 1 unspecified atom stereocenters. The highest BCUT2D eigenvalue weighted by atomic mass is 16.5. The Kier molecular flexibility index (Phi) is 5.54. The van der Waals surface area contributed by atoms with Crippen LogP contribution in [0.2, 0.25) is 0 Å². The maximum absolute atomic E-state index is 12.1. The quantitative estimate of drug-likeness (QED) is 0.783. The summed E-state index contributed by atoms with van der Waals surface area (Å²) in [7, 11) is 0. The molecule has 1 aliphatic rings. The van der Waals surface area contributed by atoms with Crippen molar-refractivity contribution in [2.75, 3.05) is 6.61 Å². The number of hydrogen-bond donors (Lipinski definition) is 2. The highest BCUT2D eigenvalue weighted by Gasteiger charge is 2.30. The fourth-order valence-corrected chi connectivity index (χ4v) is 3.35. The molecule has 27 heavy (non-hydrogen) atoms. The van der Waals surface area contributed by atoms with Crippen LogP contribution in [0.5, 0.6) is 0 Å². The first-order valence-electron chi connectivity index (χ1n) is 8.87. The molecule has 0 spiro atoms. The lowest BCUT2D eigenvalue weighted by molar-refractivity contribution is -0.141. The van der Waals surface area contributed by atoms with E-state index in [0.717, 1.165) is 22.3 Å². The highest BCUT2D eigenvalue weighted by molar-refractivity contribution is 5.88. The summed E-state index contributed by atoms with van der Waals surface area (Å²) in [5.74, 6) is -1.60. The number of ketones is 1. The van der Waals surface area contributed by atoms with E-state index in [9.17, 15) is 19.5 Å². The topological polar surface area (TPSA) is 92.7 Å². The summed E-state index contributed by atoms with van der Waals surface area (Å²) in [6, 6.07) is 14.6. The predicted molar refractivity (Wildman–Crippen MR) is 99.5 cm³/mol. The van der Waals surface area contributed by atoms with E-state index in [0.29, 0.717) is 0 Å². The van der Waals surface area contributed by atoms with Gasteiger partial charge in [-0.3, -0.25) is 4.79 Å². The molecular formula is C21H21NO5. The third kappa shape index (κ3) is 4.00. The molecule has 2 N–H and O–H groups in total. The number of alkyl carbamates (subject to hydrolysis) is 1. The van der Waals surface area contributed by atoms with Gasteiger partial charge in [0.15, 0.2) is 0 Å².